The molecule has 1 aromatic carbocycles. The fourth-order valence-corrected chi connectivity index (χ4v) is 3.78. The van der Waals surface area contributed by atoms with E-state index in [1.54, 1.807) is 17.0 Å². The molecule has 7 heteroatoms. The molecule has 2 heterocycles. The summed E-state index contributed by atoms with van der Waals surface area (Å²) < 4.78 is 5.39. The number of fused-ring (bicyclic) bond motifs is 1. The van der Waals surface area contributed by atoms with Crippen molar-refractivity contribution in [2.45, 2.75) is 6.42 Å². The largest absolute Gasteiger partial charge is 0.481 e. The van der Waals surface area contributed by atoms with Gasteiger partial charge in [-0.05, 0) is 24.6 Å². The number of nitrogens with zero attached hydrogens (tertiary/aromatic N) is 1. The van der Waals surface area contributed by atoms with Crippen molar-refractivity contribution < 1.29 is 19.4 Å². The minimum absolute atomic E-state index is 0.186. The van der Waals surface area contributed by atoms with Crippen LogP contribution in [0.4, 0.5) is 0 Å². The van der Waals surface area contributed by atoms with Gasteiger partial charge in [0.05, 0.1) is 22.6 Å². The predicted molar refractivity (Wildman–Crippen MR) is 81.4 cm³/mol. The van der Waals surface area contributed by atoms with Gasteiger partial charge in [0.1, 0.15) is 0 Å². The maximum Gasteiger partial charge on any atom is 0.311 e. The first kappa shape index (κ1) is 15.6. The lowest BCUT2D eigenvalue weighted by molar-refractivity contribution is -0.157. The zero-order valence-corrected chi connectivity index (χ0v) is 13.2. The first-order valence-electron chi connectivity index (χ1n) is 6.99. The predicted octanol–water partition coefficient (Wildman–Crippen LogP) is 2.56. The molecule has 2 aliphatic heterocycles. The second-order valence-electron chi connectivity index (χ2n) is 5.79. The maximum absolute atomic E-state index is 12.7. The summed E-state index contributed by atoms with van der Waals surface area (Å²) >= 11 is 11.9. The maximum atomic E-state index is 12.7. The van der Waals surface area contributed by atoms with Crippen LogP contribution in [-0.4, -0.2) is 48.2 Å². The highest BCUT2D eigenvalue weighted by Gasteiger charge is 2.55. The zero-order chi connectivity index (χ0) is 15.9. The second-order valence-corrected chi connectivity index (χ2v) is 6.64. The van der Waals surface area contributed by atoms with Crippen LogP contribution in [0.25, 0.3) is 0 Å². The Morgan fingerprint density at radius 1 is 1.36 bits per heavy atom. The Morgan fingerprint density at radius 2 is 2.14 bits per heavy atom. The highest BCUT2D eigenvalue weighted by Crippen LogP contribution is 2.43. The van der Waals surface area contributed by atoms with Gasteiger partial charge in [-0.2, -0.15) is 0 Å². The van der Waals surface area contributed by atoms with Crippen LogP contribution in [-0.2, 0) is 9.53 Å². The van der Waals surface area contributed by atoms with E-state index < -0.39 is 11.4 Å². The van der Waals surface area contributed by atoms with Crippen LogP contribution in [0, 0.1) is 11.3 Å². The molecular formula is C15H15Cl2NO4. The number of hydrogen-bond acceptors (Lipinski definition) is 3. The minimum atomic E-state index is -0.910. The molecule has 1 aromatic rings. The smallest absolute Gasteiger partial charge is 0.311 e. The molecule has 3 rings (SSSR count). The fraction of sp³-hybridized carbons (Fsp3) is 0.467. The van der Waals surface area contributed by atoms with Gasteiger partial charge in [-0.3, -0.25) is 9.59 Å². The van der Waals surface area contributed by atoms with Gasteiger partial charge in [-0.1, -0.05) is 23.2 Å². The van der Waals surface area contributed by atoms with E-state index in [0.717, 1.165) is 0 Å². The molecule has 0 aliphatic carbocycles. The number of likely N-dealkylation sites (tertiary alicyclic amines) is 1. The van der Waals surface area contributed by atoms with Crippen LogP contribution in [0.15, 0.2) is 18.2 Å². The van der Waals surface area contributed by atoms with Crippen LogP contribution in [0.1, 0.15) is 16.8 Å². The lowest BCUT2D eigenvalue weighted by atomic mass is 9.74. The summed E-state index contributed by atoms with van der Waals surface area (Å²) in [5, 5.41) is 10.3. The normalized spacial score (nSPS) is 27.5. The third-order valence-corrected chi connectivity index (χ3v) is 5.13. The molecule has 5 nitrogen and oxygen atoms in total. The third kappa shape index (κ3) is 2.47. The number of benzene rings is 1. The average molecular weight is 344 g/mol. The highest BCUT2D eigenvalue weighted by molar-refractivity contribution is 6.36. The number of hydrogen-bond donors (Lipinski definition) is 1. The molecule has 2 aliphatic rings. The number of aliphatic carboxylic acids is 1. The number of halogens is 2. The lowest BCUT2D eigenvalue weighted by Crippen LogP contribution is -2.45. The van der Waals surface area contributed by atoms with E-state index in [9.17, 15) is 14.7 Å². The summed E-state index contributed by atoms with van der Waals surface area (Å²) in [5.74, 6) is -1.32. The molecule has 118 valence electrons. The second kappa shape index (κ2) is 5.72. The lowest BCUT2D eigenvalue weighted by Gasteiger charge is -2.33. The number of carbonyl (C=O) groups is 2. The van der Waals surface area contributed by atoms with Crippen LogP contribution in [0.3, 0.4) is 0 Å². The Hall–Kier alpha value is -1.30. The first-order chi connectivity index (χ1) is 10.4. The summed E-state index contributed by atoms with van der Waals surface area (Å²) in [7, 11) is 0. The molecule has 2 fully saturated rings. The highest BCUT2D eigenvalue weighted by atomic mass is 35.5. The van der Waals surface area contributed by atoms with Crippen molar-refractivity contribution in [3.63, 3.8) is 0 Å². The quantitative estimate of drug-likeness (QED) is 0.895. The van der Waals surface area contributed by atoms with E-state index in [2.05, 4.69) is 0 Å². The standard InChI is InChI=1S/C15H15Cl2NO4/c16-10-1-2-11(12(17)5-10)13(19)18-6-9-7-22-4-3-15(9,8-18)14(20)21/h1-2,5,9H,3-4,6-8H2,(H,20,21)/t9-,15+/m0/s1. The van der Waals surface area contributed by atoms with E-state index in [0.29, 0.717) is 36.8 Å². The van der Waals surface area contributed by atoms with Crippen LogP contribution in [0.2, 0.25) is 10.0 Å². The number of ether oxygens (including phenoxy) is 1. The summed E-state index contributed by atoms with van der Waals surface area (Å²) in [6.07, 6.45) is 0.422. The Bertz CT molecular complexity index is 636. The average Bonchev–Trinajstić information content (AvgIpc) is 2.87. The zero-order valence-electron chi connectivity index (χ0n) is 11.7. The van der Waals surface area contributed by atoms with Crippen molar-refractivity contribution in [2.24, 2.45) is 11.3 Å². The van der Waals surface area contributed by atoms with E-state index in [1.807, 2.05) is 0 Å². The summed E-state index contributed by atoms with van der Waals surface area (Å²) in [6.45, 7) is 1.33. The van der Waals surface area contributed by atoms with Crippen LogP contribution < -0.4 is 0 Å². The number of carbonyl (C=O) groups excluding carboxylic acids is 1. The van der Waals surface area contributed by atoms with Gasteiger partial charge in [0.15, 0.2) is 0 Å². The molecule has 0 saturated carbocycles. The van der Waals surface area contributed by atoms with Crippen molar-refractivity contribution in [1.29, 1.82) is 0 Å². The van der Waals surface area contributed by atoms with Crippen LogP contribution in [0.5, 0.6) is 0 Å². The summed E-state index contributed by atoms with van der Waals surface area (Å²) in [6, 6.07) is 4.67. The fourth-order valence-electron chi connectivity index (χ4n) is 3.29. The minimum Gasteiger partial charge on any atom is -0.481 e. The van der Waals surface area contributed by atoms with E-state index >= 15 is 0 Å². The Labute approximate surface area is 137 Å². The van der Waals surface area contributed by atoms with Crippen molar-refractivity contribution in [3.05, 3.63) is 33.8 Å². The molecule has 2 saturated heterocycles. The number of rotatable bonds is 2. The molecule has 0 radical (unpaired) electrons. The first-order valence-corrected chi connectivity index (χ1v) is 7.75. The van der Waals surface area contributed by atoms with Gasteiger partial charge in [0.25, 0.3) is 5.91 Å². The van der Waals surface area contributed by atoms with Gasteiger partial charge in [0.2, 0.25) is 0 Å². The van der Waals surface area contributed by atoms with E-state index in [4.69, 9.17) is 27.9 Å². The Balaban J connectivity index is 1.87. The number of carboxylic acid groups (broad SMARTS) is 1. The SMILES string of the molecule is O=C(c1ccc(Cl)cc1Cl)N1C[C@H]2COCC[C@@]2(C(=O)O)C1. The van der Waals surface area contributed by atoms with Crippen molar-refractivity contribution in [1.82, 2.24) is 4.90 Å². The third-order valence-electron chi connectivity index (χ3n) is 4.58. The molecule has 2 atom stereocenters. The molecular weight excluding hydrogens is 329 g/mol. The van der Waals surface area contributed by atoms with Gasteiger partial charge in [-0.15, -0.1) is 0 Å². The topological polar surface area (TPSA) is 66.8 Å². The number of carboxylic acids is 1. The molecule has 22 heavy (non-hydrogen) atoms. The molecule has 0 unspecified atom stereocenters. The van der Waals surface area contributed by atoms with Crippen molar-refractivity contribution in [2.75, 3.05) is 26.3 Å². The molecule has 1 amide bonds. The van der Waals surface area contributed by atoms with Gasteiger partial charge < -0.3 is 14.7 Å². The molecule has 0 bridgehead atoms. The van der Waals surface area contributed by atoms with E-state index in [1.165, 1.54) is 6.07 Å². The van der Waals surface area contributed by atoms with Crippen molar-refractivity contribution >= 4 is 35.1 Å². The van der Waals surface area contributed by atoms with E-state index in [-0.39, 0.29) is 23.4 Å². The summed E-state index contributed by atoms with van der Waals surface area (Å²) in [5.41, 5.74) is -0.571. The Morgan fingerprint density at radius 3 is 2.77 bits per heavy atom. The molecule has 1 N–H and O–H groups in total. The van der Waals surface area contributed by atoms with Gasteiger partial charge in [-0.25, -0.2) is 0 Å². The molecule has 0 spiro atoms. The number of amides is 1. The molecule has 0 aromatic heterocycles. The van der Waals surface area contributed by atoms with Crippen LogP contribution >= 0.6 is 23.2 Å². The Kier molecular flexibility index (Phi) is 4.05. The summed E-state index contributed by atoms with van der Waals surface area (Å²) in [4.78, 5) is 25.9. The van der Waals surface area contributed by atoms with Crippen molar-refractivity contribution in [3.8, 4) is 0 Å². The van der Waals surface area contributed by atoms with Gasteiger partial charge >= 0.3 is 5.97 Å². The van der Waals surface area contributed by atoms with Gasteiger partial charge in [0, 0.05) is 30.6 Å². The monoisotopic (exact) mass is 343 g/mol.